The highest BCUT2D eigenvalue weighted by molar-refractivity contribution is 6.19. The quantitative estimate of drug-likeness (QED) is 0.598. The van der Waals surface area contributed by atoms with Gasteiger partial charge in [0, 0.05) is 29.7 Å². The molecule has 0 saturated heterocycles. The Morgan fingerprint density at radius 3 is 2.82 bits per heavy atom. The van der Waals surface area contributed by atoms with Gasteiger partial charge in [0.2, 0.25) is 0 Å². The lowest BCUT2D eigenvalue weighted by Crippen LogP contribution is -2.05. The maximum absolute atomic E-state index is 11.7. The SMILES string of the molecule is C=C(C(=O)OCC)c1cn(C)c2ccccc12. The normalized spacial score (nSPS) is 10.5. The van der Waals surface area contributed by atoms with Crippen LogP contribution in [0.1, 0.15) is 12.5 Å². The maximum atomic E-state index is 11.7. The Labute approximate surface area is 100 Å². The first kappa shape index (κ1) is 11.5. The predicted molar refractivity (Wildman–Crippen MR) is 68.6 cm³/mol. The third-order valence-electron chi connectivity index (χ3n) is 2.74. The number of carbonyl (C=O) groups is 1. The number of esters is 1. The lowest BCUT2D eigenvalue weighted by Gasteiger charge is -2.03. The Bertz CT molecular complexity index is 581. The Kier molecular flexibility index (Phi) is 3.00. The second kappa shape index (κ2) is 4.45. The molecule has 1 heterocycles. The summed E-state index contributed by atoms with van der Waals surface area (Å²) in [5.41, 5.74) is 2.32. The van der Waals surface area contributed by atoms with E-state index < -0.39 is 0 Å². The molecule has 0 spiro atoms. The number of aromatic nitrogens is 1. The van der Waals surface area contributed by atoms with Gasteiger partial charge in [-0.25, -0.2) is 4.79 Å². The minimum absolute atomic E-state index is 0.358. The summed E-state index contributed by atoms with van der Waals surface area (Å²) in [5.74, 6) is -0.358. The van der Waals surface area contributed by atoms with Gasteiger partial charge in [0.05, 0.1) is 12.2 Å². The van der Waals surface area contributed by atoms with Gasteiger partial charge < -0.3 is 9.30 Å². The molecule has 1 aromatic carbocycles. The second-order valence-corrected chi connectivity index (χ2v) is 3.87. The molecule has 0 radical (unpaired) electrons. The Hall–Kier alpha value is -2.03. The van der Waals surface area contributed by atoms with Crippen LogP contribution in [0.2, 0.25) is 0 Å². The molecule has 3 heteroatoms. The van der Waals surface area contributed by atoms with E-state index in [1.165, 1.54) is 0 Å². The number of hydrogen-bond acceptors (Lipinski definition) is 2. The minimum atomic E-state index is -0.358. The number of carbonyl (C=O) groups excluding carboxylic acids is 1. The van der Waals surface area contributed by atoms with Crippen LogP contribution < -0.4 is 0 Å². The van der Waals surface area contributed by atoms with Crippen LogP contribution in [0.3, 0.4) is 0 Å². The van der Waals surface area contributed by atoms with E-state index in [0.717, 1.165) is 16.5 Å². The molecule has 0 unspecified atom stereocenters. The molecule has 2 rings (SSSR count). The fourth-order valence-corrected chi connectivity index (χ4v) is 1.91. The third kappa shape index (κ3) is 1.96. The number of nitrogens with zero attached hydrogens (tertiary/aromatic N) is 1. The van der Waals surface area contributed by atoms with E-state index in [1.54, 1.807) is 6.92 Å². The smallest absolute Gasteiger partial charge is 0.338 e. The van der Waals surface area contributed by atoms with Crippen molar-refractivity contribution in [3.8, 4) is 0 Å². The van der Waals surface area contributed by atoms with Crippen LogP contribution in [0.4, 0.5) is 0 Å². The number of fused-ring (bicyclic) bond motifs is 1. The van der Waals surface area contributed by atoms with Gasteiger partial charge in [-0.3, -0.25) is 0 Å². The second-order valence-electron chi connectivity index (χ2n) is 3.87. The molecule has 0 saturated carbocycles. The lowest BCUT2D eigenvalue weighted by atomic mass is 10.1. The molecular formula is C14H15NO2. The van der Waals surface area contributed by atoms with Gasteiger partial charge in [-0.1, -0.05) is 24.8 Å². The van der Waals surface area contributed by atoms with Crippen molar-refractivity contribution in [2.75, 3.05) is 6.61 Å². The average Bonchev–Trinajstić information content (AvgIpc) is 2.67. The highest BCUT2D eigenvalue weighted by atomic mass is 16.5. The highest BCUT2D eigenvalue weighted by Gasteiger charge is 2.15. The van der Waals surface area contributed by atoms with Crippen molar-refractivity contribution in [1.29, 1.82) is 0 Å². The molecule has 88 valence electrons. The van der Waals surface area contributed by atoms with E-state index in [0.29, 0.717) is 12.2 Å². The maximum Gasteiger partial charge on any atom is 0.338 e. The van der Waals surface area contributed by atoms with Crippen LogP contribution in [-0.2, 0) is 16.6 Å². The Morgan fingerprint density at radius 1 is 1.41 bits per heavy atom. The molecular weight excluding hydrogens is 214 g/mol. The van der Waals surface area contributed by atoms with E-state index >= 15 is 0 Å². The van der Waals surface area contributed by atoms with Crippen LogP contribution >= 0.6 is 0 Å². The molecule has 0 aliphatic heterocycles. The predicted octanol–water partition coefficient (Wildman–Crippen LogP) is 2.75. The summed E-state index contributed by atoms with van der Waals surface area (Å²) in [4.78, 5) is 11.7. The number of rotatable bonds is 3. The molecule has 0 aliphatic rings. The van der Waals surface area contributed by atoms with Gasteiger partial charge in [-0.15, -0.1) is 0 Å². The fraction of sp³-hybridized carbons (Fsp3) is 0.214. The Morgan fingerprint density at radius 2 is 2.12 bits per heavy atom. The zero-order chi connectivity index (χ0) is 12.4. The van der Waals surface area contributed by atoms with Crippen molar-refractivity contribution < 1.29 is 9.53 Å². The van der Waals surface area contributed by atoms with E-state index in [-0.39, 0.29) is 5.97 Å². The van der Waals surface area contributed by atoms with E-state index in [2.05, 4.69) is 6.58 Å². The van der Waals surface area contributed by atoms with Gasteiger partial charge in [-0.05, 0) is 13.0 Å². The van der Waals surface area contributed by atoms with Crippen molar-refractivity contribution in [3.05, 3.63) is 42.6 Å². The van der Waals surface area contributed by atoms with Gasteiger partial charge in [0.1, 0.15) is 0 Å². The molecule has 0 N–H and O–H groups in total. The third-order valence-corrected chi connectivity index (χ3v) is 2.74. The average molecular weight is 229 g/mol. The van der Waals surface area contributed by atoms with Crippen molar-refractivity contribution >= 4 is 22.4 Å². The standard InChI is InChI=1S/C14H15NO2/c1-4-17-14(16)10(2)12-9-15(3)13-8-6-5-7-11(12)13/h5-9H,2,4H2,1,3H3. The van der Waals surface area contributed by atoms with Gasteiger partial charge in [0.25, 0.3) is 0 Å². The number of para-hydroxylation sites is 1. The first-order chi connectivity index (χ1) is 8.15. The van der Waals surface area contributed by atoms with E-state index in [9.17, 15) is 4.79 Å². The topological polar surface area (TPSA) is 31.2 Å². The van der Waals surface area contributed by atoms with Crippen LogP contribution in [0.25, 0.3) is 16.5 Å². The van der Waals surface area contributed by atoms with E-state index in [1.807, 2.05) is 42.1 Å². The van der Waals surface area contributed by atoms with Crippen molar-refractivity contribution in [3.63, 3.8) is 0 Å². The highest BCUT2D eigenvalue weighted by Crippen LogP contribution is 2.26. The van der Waals surface area contributed by atoms with Gasteiger partial charge in [-0.2, -0.15) is 0 Å². The fourth-order valence-electron chi connectivity index (χ4n) is 1.91. The van der Waals surface area contributed by atoms with Crippen LogP contribution in [0.5, 0.6) is 0 Å². The number of hydrogen-bond donors (Lipinski definition) is 0. The summed E-state index contributed by atoms with van der Waals surface area (Å²) in [5, 5.41) is 1.02. The summed E-state index contributed by atoms with van der Waals surface area (Å²) in [7, 11) is 1.95. The monoisotopic (exact) mass is 229 g/mol. The van der Waals surface area contributed by atoms with Crippen molar-refractivity contribution in [2.24, 2.45) is 7.05 Å². The Balaban J connectivity index is 2.49. The number of benzene rings is 1. The van der Waals surface area contributed by atoms with E-state index in [4.69, 9.17) is 4.74 Å². The minimum Gasteiger partial charge on any atom is -0.462 e. The zero-order valence-corrected chi connectivity index (χ0v) is 10.1. The van der Waals surface area contributed by atoms with Crippen molar-refractivity contribution in [1.82, 2.24) is 4.57 Å². The van der Waals surface area contributed by atoms with Crippen molar-refractivity contribution in [2.45, 2.75) is 6.92 Å². The molecule has 0 bridgehead atoms. The summed E-state index contributed by atoms with van der Waals surface area (Å²) in [6.45, 7) is 5.97. The molecule has 1 aromatic heterocycles. The van der Waals surface area contributed by atoms with Crippen LogP contribution in [-0.4, -0.2) is 17.1 Å². The first-order valence-electron chi connectivity index (χ1n) is 5.55. The molecule has 17 heavy (non-hydrogen) atoms. The largest absolute Gasteiger partial charge is 0.462 e. The first-order valence-corrected chi connectivity index (χ1v) is 5.55. The molecule has 0 fully saturated rings. The molecule has 0 atom stereocenters. The van der Waals surface area contributed by atoms with Crippen LogP contribution in [0.15, 0.2) is 37.0 Å². The summed E-state index contributed by atoms with van der Waals surface area (Å²) in [6.07, 6.45) is 1.91. The van der Waals surface area contributed by atoms with Gasteiger partial charge >= 0.3 is 5.97 Å². The molecule has 2 aromatic rings. The van der Waals surface area contributed by atoms with Gasteiger partial charge in [0.15, 0.2) is 0 Å². The molecule has 0 aliphatic carbocycles. The summed E-state index contributed by atoms with van der Waals surface area (Å²) >= 11 is 0. The molecule has 3 nitrogen and oxygen atoms in total. The van der Waals surface area contributed by atoms with Crippen LogP contribution in [0, 0.1) is 0 Å². The lowest BCUT2D eigenvalue weighted by molar-refractivity contribution is -0.136. The number of aryl methyl sites for hydroxylation is 1. The number of ether oxygens (including phenoxy) is 1. The zero-order valence-electron chi connectivity index (χ0n) is 10.1. The molecule has 0 amide bonds. The summed E-state index contributed by atoms with van der Waals surface area (Å²) in [6, 6.07) is 7.91. The summed E-state index contributed by atoms with van der Waals surface area (Å²) < 4.78 is 6.95.